The van der Waals surface area contributed by atoms with E-state index in [2.05, 4.69) is 36.2 Å². The predicted octanol–water partition coefficient (Wildman–Crippen LogP) is 3.72. The number of piperazine rings is 1. The number of nitrogens with zero attached hydrogens (tertiary/aromatic N) is 6. The quantitative estimate of drug-likeness (QED) is 0.330. The number of anilines is 1. The van der Waals surface area contributed by atoms with Gasteiger partial charge in [-0.2, -0.15) is 9.78 Å². The molecule has 1 N–H and O–H groups in total. The van der Waals surface area contributed by atoms with Crippen molar-refractivity contribution in [2.75, 3.05) is 38.5 Å². The van der Waals surface area contributed by atoms with Gasteiger partial charge in [-0.3, -0.25) is 19.0 Å². The molecule has 0 radical (unpaired) electrons. The SMILES string of the molecule is CN1CCN(C(=O)Cn2c(-c3cc(NCc4ccc(Cl)s4)n(C(=O)c4nccs4)n3)c(Br)ccc2=O)CC1. The normalized spacial score (nSPS) is 14.1. The Morgan fingerprint density at radius 1 is 1.16 bits per heavy atom. The number of nitrogens with one attached hydrogen (secondary N) is 1. The highest BCUT2D eigenvalue weighted by atomic mass is 79.9. The Morgan fingerprint density at radius 3 is 2.63 bits per heavy atom. The molecule has 10 nitrogen and oxygen atoms in total. The molecule has 4 aromatic rings. The van der Waals surface area contributed by atoms with Crippen LogP contribution in [0.1, 0.15) is 14.7 Å². The summed E-state index contributed by atoms with van der Waals surface area (Å²) >= 11 is 12.2. The Labute approximate surface area is 239 Å². The molecule has 5 rings (SSSR count). The first-order valence-corrected chi connectivity index (χ1v) is 14.6. The van der Waals surface area contributed by atoms with E-state index in [-0.39, 0.29) is 23.0 Å². The number of likely N-dealkylation sites (N-methyl/N-ethyl adjacent to an activating group) is 1. The number of hydrogen-bond acceptors (Lipinski definition) is 9. The summed E-state index contributed by atoms with van der Waals surface area (Å²) in [6, 6.07) is 8.43. The lowest BCUT2D eigenvalue weighted by molar-refractivity contribution is -0.133. The van der Waals surface area contributed by atoms with Gasteiger partial charge in [0.2, 0.25) is 5.91 Å². The molecule has 4 aromatic heterocycles. The summed E-state index contributed by atoms with van der Waals surface area (Å²) in [7, 11) is 2.01. The number of amides is 1. The minimum absolute atomic E-state index is 0.138. The smallest absolute Gasteiger partial charge is 0.309 e. The van der Waals surface area contributed by atoms with Crippen molar-refractivity contribution in [3.8, 4) is 11.4 Å². The number of hydrogen-bond donors (Lipinski definition) is 1. The van der Waals surface area contributed by atoms with E-state index in [1.807, 2.05) is 19.2 Å². The first kappa shape index (κ1) is 26.8. The fraction of sp³-hybridized carbons (Fsp3) is 0.292. The van der Waals surface area contributed by atoms with Gasteiger partial charge >= 0.3 is 5.91 Å². The van der Waals surface area contributed by atoms with Gasteiger partial charge in [-0.15, -0.1) is 22.7 Å². The van der Waals surface area contributed by atoms with Gasteiger partial charge in [0.25, 0.3) is 5.56 Å². The van der Waals surface area contributed by atoms with Crippen molar-refractivity contribution in [3.63, 3.8) is 0 Å². The Hall–Kier alpha value is -2.84. The maximum atomic E-state index is 13.3. The van der Waals surface area contributed by atoms with E-state index in [9.17, 15) is 14.4 Å². The van der Waals surface area contributed by atoms with Crippen molar-refractivity contribution in [1.82, 2.24) is 29.1 Å². The Balaban J connectivity index is 1.51. The molecule has 0 bridgehead atoms. The summed E-state index contributed by atoms with van der Waals surface area (Å²) in [5, 5.41) is 9.82. The van der Waals surface area contributed by atoms with Crippen LogP contribution in [0.4, 0.5) is 5.82 Å². The first-order chi connectivity index (χ1) is 18.3. The van der Waals surface area contributed by atoms with Crippen LogP contribution in [0.3, 0.4) is 0 Å². The fourth-order valence-corrected chi connectivity index (χ4v) is 6.22. The molecular weight excluding hydrogens is 614 g/mol. The van der Waals surface area contributed by atoms with Gasteiger partial charge in [0.1, 0.15) is 18.1 Å². The molecule has 1 aliphatic heterocycles. The number of aromatic nitrogens is 4. The third-order valence-corrected chi connectivity index (χ3v) is 8.75. The number of rotatable bonds is 7. The lowest BCUT2D eigenvalue weighted by Gasteiger charge is -2.32. The maximum Gasteiger partial charge on any atom is 0.309 e. The molecule has 0 saturated carbocycles. The Morgan fingerprint density at radius 2 is 1.95 bits per heavy atom. The fourth-order valence-electron chi connectivity index (χ4n) is 4.08. The molecule has 198 valence electrons. The summed E-state index contributed by atoms with van der Waals surface area (Å²) < 4.78 is 3.87. The summed E-state index contributed by atoms with van der Waals surface area (Å²) in [6.45, 7) is 3.04. The van der Waals surface area contributed by atoms with E-state index in [1.165, 1.54) is 38.0 Å². The van der Waals surface area contributed by atoms with E-state index < -0.39 is 5.91 Å². The Bertz CT molecular complexity index is 1520. The summed E-state index contributed by atoms with van der Waals surface area (Å²) in [4.78, 5) is 48.4. The monoisotopic (exact) mass is 635 g/mol. The zero-order valence-electron chi connectivity index (χ0n) is 20.3. The van der Waals surface area contributed by atoms with Gasteiger partial charge in [-0.1, -0.05) is 11.6 Å². The highest BCUT2D eigenvalue weighted by Gasteiger charge is 2.25. The lowest BCUT2D eigenvalue weighted by Crippen LogP contribution is -2.48. The van der Waals surface area contributed by atoms with Crippen LogP contribution in [-0.4, -0.2) is 74.2 Å². The zero-order chi connectivity index (χ0) is 26.8. The van der Waals surface area contributed by atoms with Crippen LogP contribution >= 0.6 is 50.2 Å². The standard InChI is InChI=1S/C24H23BrClN7O3S2/c1-30-7-9-31(10-8-30)21(35)14-32-20(34)5-3-16(25)22(32)17-12-19(28-13-15-2-4-18(26)38-15)33(29-17)24(36)23-27-6-11-37-23/h2-6,11-12,28H,7-10,13-14H2,1H3. The number of carbonyl (C=O) groups is 2. The molecule has 0 aliphatic carbocycles. The molecular formula is C24H23BrClN7O3S2. The molecule has 0 atom stereocenters. The number of halogens is 2. The molecule has 0 spiro atoms. The van der Waals surface area contributed by atoms with Crippen LogP contribution in [0.2, 0.25) is 4.34 Å². The molecule has 0 aromatic carbocycles. The van der Waals surface area contributed by atoms with Crippen molar-refractivity contribution in [2.24, 2.45) is 0 Å². The van der Waals surface area contributed by atoms with Crippen LogP contribution in [-0.2, 0) is 17.9 Å². The third kappa shape index (κ3) is 5.76. The van der Waals surface area contributed by atoms with Gasteiger partial charge in [0, 0.05) is 59.2 Å². The van der Waals surface area contributed by atoms with Crippen LogP contribution < -0.4 is 10.9 Å². The Kier molecular flexibility index (Phi) is 8.09. The van der Waals surface area contributed by atoms with Crippen molar-refractivity contribution in [2.45, 2.75) is 13.1 Å². The average molecular weight is 637 g/mol. The van der Waals surface area contributed by atoms with Crippen molar-refractivity contribution >= 4 is 67.8 Å². The second-order valence-corrected chi connectivity index (χ2v) is 12.2. The van der Waals surface area contributed by atoms with Crippen LogP contribution in [0.5, 0.6) is 0 Å². The molecule has 1 saturated heterocycles. The summed E-state index contributed by atoms with van der Waals surface area (Å²) in [5.41, 5.74) is 0.430. The third-order valence-electron chi connectivity index (χ3n) is 6.12. The molecule has 38 heavy (non-hydrogen) atoms. The average Bonchev–Trinajstić information content (AvgIpc) is 3.66. The molecule has 14 heteroatoms. The molecule has 1 aliphatic rings. The zero-order valence-corrected chi connectivity index (χ0v) is 24.2. The van der Waals surface area contributed by atoms with E-state index in [0.29, 0.717) is 45.6 Å². The van der Waals surface area contributed by atoms with Gasteiger partial charge in [0.05, 0.1) is 16.6 Å². The lowest BCUT2D eigenvalue weighted by atomic mass is 10.2. The van der Waals surface area contributed by atoms with Crippen molar-refractivity contribution in [3.05, 3.63) is 71.0 Å². The number of pyridine rings is 1. The maximum absolute atomic E-state index is 13.3. The molecule has 1 fully saturated rings. The van der Waals surface area contributed by atoms with Crippen LogP contribution in [0, 0.1) is 0 Å². The highest BCUT2D eigenvalue weighted by Crippen LogP contribution is 2.30. The van der Waals surface area contributed by atoms with Crippen molar-refractivity contribution in [1.29, 1.82) is 0 Å². The number of thiophene rings is 1. The van der Waals surface area contributed by atoms with E-state index >= 15 is 0 Å². The largest absolute Gasteiger partial charge is 0.365 e. The van der Waals surface area contributed by atoms with E-state index in [4.69, 9.17) is 11.6 Å². The highest BCUT2D eigenvalue weighted by molar-refractivity contribution is 9.10. The predicted molar refractivity (Wildman–Crippen MR) is 152 cm³/mol. The second kappa shape index (κ2) is 11.5. The van der Waals surface area contributed by atoms with Crippen LogP contribution in [0.15, 0.2) is 51.2 Å². The van der Waals surface area contributed by atoms with Gasteiger partial charge in [0.15, 0.2) is 5.01 Å². The number of thiazole rings is 1. The van der Waals surface area contributed by atoms with E-state index in [0.717, 1.165) is 18.0 Å². The molecule has 0 unspecified atom stereocenters. The van der Waals surface area contributed by atoms with Gasteiger partial charge in [-0.25, -0.2) is 4.98 Å². The van der Waals surface area contributed by atoms with Crippen molar-refractivity contribution < 1.29 is 9.59 Å². The summed E-state index contributed by atoms with van der Waals surface area (Å²) in [6.07, 6.45) is 1.55. The first-order valence-electron chi connectivity index (χ1n) is 11.7. The van der Waals surface area contributed by atoms with Gasteiger partial charge in [-0.05, 0) is 41.2 Å². The van der Waals surface area contributed by atoms with Crippen LogP contribution in [0.25, 0.3) is 11.4 Å². The van der Waals surface area contributed by atoms with E-state index in [1.54, 1.807) is 28.6 Å². The molecule has 1 amide bonds. The molecule has 5 heterocycles. The van der Waals surface area contributed by atoms with Gasteiger partial charge < -0.3 is 15.1 Å². The topological polar surface area (TPSA) is 105 Å². The second-order valence-electron chi connectivity index (χ2n) is 8.67. The minimum atomic E-state index is -0.410. The number of carbonyl (C=O) groups excluding carboxylic acids is 2. The minimum Gasteiger partial charge on any atom is -0.365 e. The summed E-state index contributed by atoms with van der Waals surface area (Å²) in [5.74, 6) is -0.136.